The van der Waals surface area contributed by atoms with E-state index in [9.17, 15) is 4.79 Å². The molecule has 1 amide bonds. The third kappa shape index (κ3) is 4.49. The molecule has 4 aromatic rings. The fraction of sp³-hybridized carbons (Fsp3) is 0.143. The average molecular weight is 407 g/mol. The molecule has 0 aliphatic carbocycles. The number of hydrogen-bond acceptors (Lipinski definition) is 6. The normalized spacial score (nSPS) is 10.8. The molecule has 3 aromatic heterocycles. The third-order valence-corrected chi connectivity index (χ3v) is 6.07. The Morgan fingerprint density at radius 2 is 1.89 bits per heavy atom. The Kier molecular flexibility index (Phi) is 5.55. The summed E-state index contributed by atoms with van der Waals surface area (Å²) < 4.78 is 0. The topological polar surface area (TPSA) is 67.8 Å². The molecule has 0 unspecified atom stereocenters. The molecule has 0 aliphatic heterocycles. The van der Waals surface area contributed by atoms with E-state index in [2.05, 4.69) is 32.4 Å². The highest BCUT2D eigenvalue weighted by Gasteiger charge is 2.14. The third-order valence-electron chi connectivity index (χ3n) is 4.08. The second kappa shape index (κ2) is 8.41. The quantitative estimate of drug-likeness (QED) is 0.502. The van der Waals surface area contributed by atoms with Gasteiger partial charge in [0.05, 0.1) is 33.4 Å². The molecule has 1 aromatic carbocycles. The zero-order valence-electron chi connectivity index (χ0n) is 15.3. The van der Waals surface area contributed by atoms with Crippen LogP contribution in [-0.4, -0.2) is 20.9 Å². The van der Waals surface area contributed by atoms with Crippen LogP contribution in [0.25, 0.3) is 10.6 Å². The number of hydrogen-bond donors (Lipinski definition) is 1. The summed E-state index contributed by atoms with van der Waals surface area (Å²) in [4.78, 5) is 26.8. The van der Waals surface area contributed by atoms with Crippen LogP contribution in [0.15, 0.2) is 60.1 Å². The predicted octanol–water partition coefficient (Wildman–Crippen LogP) is 4.74. The largest absolute Gasteiger partial charge is 0.302 e. The van der Waals surface area contributed by atoms with Gasteiger partial charge in [-0.05, 0) is 24.6 Å². The molecule has 3 heterocycles. The molecule has 0 saturated carbocycles. The lowest BCUT2D eigenvalue weighted by molar-refractivity contribution is -0.115. The number of nitrogens with zero attached hydrogens (tertiary/aromatic N) is 3. The van der Waals surface area contributed by atoms with Crippen molar-refractivity contribution in [2.24, 2.45) is 0 Å². The van der Waals surface area contributed by atoms with Gasteiger partial charge in [-0.1, -0.05) is 47.7 Å². The van der Waals surface area contributed by atoms with Crippen LogP contribution in [0.3, 0.4) is 0 Å². The van der Waals surface area contributed by atoms with Gasteiger partial charge in [0.1, 0.15) is 0 Å². The molecular weight excluding hydrogens is 388 g/mol. The molecule has 0 fully saturated rings. The summed E-state index contributed by atoms with van der Waals surface area (Å²) in [7, 11) is 0. The van der Waals surface area contributed by atoms with Crippen LogP contribution in [0.2, 0.25) is 0 Å². The van der Waals surface area contributed by atoms with Crippen molar-refractivity contribution in [1.29, 1.82) is 0 Å². The van der Waals surface area contributed by atoms with Crippen LogP contribution < -0.4 is 5.32 Å². The van der Waals surface area contributed by atoms with Crippen LogP contribution in [0.5, 0.6) is 0 Å². The van der Waals surface area contributed by atoms with Crippen LogP contribution in [0.4, 0.5) is 5.13 Å². The highest BCUT2D eigenvalue weighted by atomic mass is 32.1. The van der Waals surface area contributed by atoms with Gasteiger partial charge in [0, 0.05) is 18.0 Å². The first-order chi connectivity index (χ1) is 13.7. The van der Waals surface area contributed by atoms with Gasteiger partial charge in [-0.25, -0.2) is 9.97 Å². The smallest absolute Gasteiger partial charge is 0.232 e. The summed E-state index contributed by atoms with van der Waals surface area (Å²) in [6, 6.07) is 16.0. The van der Waals surface area contributed by atoms with Gasteiger partial charge < -0.3 is 5.32 Å². The zero-order valence-corrected chi connectivity index (χ0v) is 16.9. The number of thiazole rings is 2. The zero-order chi connectivity index (χ0) is 19.3. The van der Waals surface area contributed by atoms with Gasteiger partial charge in [0.15, 0.2) is 5.13 Å². The van der Waals surface area contributed by atoms with Crippen LogP contribution >= 0.6 is 22.7 Å². The number of aryl methyl sites for hydroxylation is 1. The number of amides is 1. The molecule has 0 saturated heterocycles. The highest BCUT2D eigenvalue weighted by molar-refractivity contribution is 7.19. The summed E-state index contributed by atoms with van der Waals surface area (Å²) in [6.07, 6.45) is 2.77. The van der Waals surface area contributed by atoms with Gasteiger partial charge in [0.2, 0.25) is 5.91 Å². The summed E-state index contributed by atoms with van der Waals surface area (Å²) in [5, 5.41) is 6.43. The van der Waals surface area contributed by atoms with E-state index in [1.165, 1.54) is 16.9 Å². The summed E-state index contributed by atoms with van der Waals surface area (Å²) in [5.74, 6) is -0.113. The maximum absolute atomic E-state index is 12.4. The lowest BCUT2D eigenvalue weighted by Crippen LogP contribution is -2.14. The van der Waals surface area contributed by atoms with E-state index in [1.807, 2.05) is 48.7 Å². The van der Waals surface area contributed by atoms with Crippen molar-refractivity contribution in [2.45, 2.75) is 19.8 Å². The van der Waals surface area contributed by atoms with Crippen LogP contribution in [-0.2, 0) is 17.6 Å². The SMILES string of the molecule is Cc1nc(NC(=O)Cc2csc(Cc3ccccc3)n2)sc1-c1ccccn1. The second-order valence-electron chi connectivity index (χ2n) is 6.27. The first-order valence-corrected chi connectivity index (χ1v) is 10.5. The number of benzene rings is 1. The minimum absolute atomic E-state index is 0.113. The Bertz CT molecular complexity index is 1070. The summed E-state index contributed by atoms with van der Waals surface area (Å²) in [6.45, 7) is 1.92. The molecule has 0 spiro atoms. The molecule has 0 bridgehead atoms. The van der Waals surface area contributed by atoms with Gasteiger partial charge in [-0.2, -0.15) is 0 Å². The minimum atomic E-state index is -0.113. The number of anilines is 1. The summed E-state index contributed by atoms with van der Waals surface area (Å²) >= 11 is 3.02. The molecule has 0 atom stereocenters. The van der Waals surface area contributed by atoms with Gasteiger partial charge in [-0.3, -0.25) is 9.78 Å². The van der Waals surface area contributed by atoms with E-state index in [-0.39, 0.29) is 12.3 Å². The van der Waals surface area contributed by atoms with E-state index >= 15 is 0 Å². The van der Waals surface area contributed by atoms with Crippen molar-refractivity contribution in [3.63, 3.8) is 0 Å². The molecule has 1 N–H and O–H groups in total. The number of rotatable bonds is 6. The van der Waals surface area contributed by atoms with Crippen molar-refractivity contribution in [1.82, 2.24) is 15.0 Å². The van der Waals surface area contributed by atoms with E-state index in [1.54, 1.807) is 17.5 Å². The van der Waals surface area contributed by atoms with Gasteiger partial charge in [-0.15, -0.1) is 11.3 Å². The fourth-order valence-electron chi connectivity index (χ4n) is 2.79. The van der Waals surface area contributed by atoms with Crippen molar-refractivity contribution in [2.75, 3.05) is 5.32 Å². The molecule has 0 aliphatic rings. The van der Waals surface area contributed by atoms with Crippen LogP contribution in [0, 0.1) is 6.92 Å². The Labute approximate surface area is 171 Å². The molecular formula is C21H18N4OS2. The van der Waals surface area contributed by atoms with Crippen molar-refractivity contribution in [3.8, 4) is 10.6 Å². The monoisotopic (exact) mass is 406 g/mol. The molecule has 0 radical (unpaired) electrons. The van der Waals surface area contributed by atoms with Crippen molar-refractivity contribution < 1.29 is 4.79 Å². The number of pyridine rings is 1. The van der Waals surface area contributed by atoms with Gasteiger partial charge in [0.25, 0.3) is 0 Å². The lowest BCUT2D eigenvalue weighted by atomic mass is 10.2. The highest BCUT2D eigenvalue weighted by Crippen LogP contribution is 2.31. The van der Waals surface area contributed by atoms with Crippen LogP contribution in [0.1, 0.15) is 22.0 Å². The minimum Gasteiger partial charge on any atom is -0.302 e. The number of carbonyl (C=O) groups is 1. The Morgan fingerprint density at radius 3 is 2.68 bits per heavy atom. The molecule has 140 valence electrons. The fourth-order valence-corrected chi connectivity index (χ4v) is 4.58. The standard InChI is InChI=1S/C21H18N4OS2/c1-14-20(17-9-5-6-10-22-17)28-21(23-14)25-18(26)12-16-13-27-19(24-16)11-15-7-3-2-4-8-15/h2-10,13H,11-12H2,1H3,(H,23,25,26). The Hall–Kier alpha value is -2.90. The molecule has 28 heavy (non-hydrogen) atoms. The first-order valence-electron chi connectivity index (χ1n) is 8.83. The van der Waals surface area contributed by atoms with E-state index in [0.29, 0.717) is 5.13 Å². The maximum atomic E-state index is 12.4. The number of carbonyl (C=O) groups excluding carboxylic acids is 1. The number of aromatic nitrogens is 3. The van der Waals surface area contributed by atoms with Crippen molar-refractivity contribution >= 4 is 33.7 Å². The average Bonchev–Trinajstić information content (AvgIpc) is 3.29. The summed E-state index contributed by atoms with van der Waals surface area (Å²) in [5.41, 5.74) is 3.72. The molecule has 4 rings (SSSR count). The maximum Gasteiger partial charge on any atom is 0.232 e. The number of nitrogens with one attached hydrogen (secondary N) is 1. The lowest BCUT2D eigenvalue weighted by Gasteiger charge is -1.99. The molecule has 5 nitrogen and oxygen atoms in total. The Morgan fingerprint density at radius 1 is 1.07 bits per heavy atom. The Balaban J connectivity index is 1.39. The first kappa shape index (κ1) is 18.5. The van der Waals surface area contributed by atoms with Crippen molar-refractivity contribution in [3.05, 3.63) is 82.1 Å². The van der Waals surface area contributed by atoms with E-state index in [0.717, 1.165) is 33.4 Å². The predicted molar refractivity (Wildman–Crippen MR) is 114 cm³/mol. The molecule has 7 heteroatoms. The van der Waals surface area contributed by atoms with E-state index in [4.69, 9.17) is 0 Å². The van der Waals surface area contributed by atoms with Gasteiger partial charge >= 0.3 is 0 Å². The second-order valence-corrected chi connectivity index (χ2v) is 8.21. The van der Waals surface area contributed by atoms with E-state index < -0.39 is 0 Å².